The number of likely N-dealkylation sites (tertiary alicyclic amines) is 1. The van der Waals surface area contributed by atoms with E-state index in [1.54, 1.807) is 75.4 Å². The van der Waals surface area contributed by atoms with Crippen LogP contribution >= 0.6 is 0 Å². The number of rotatable bonds is 7. The molecule has 10 heteroatoms. The number of alkyl halides is 1. The van der Waals surface area contributed by atoms with E-state index < -0.39 is 47.7 Å². The molecule has 1 saturated heterocycles. The molecule has 4 aromatic rings. The number of nitrogens with zero attached hydrogens (tertiary/aromatic N) is 3. The average Bonchev–Trinajstić information content (AvgIpc) is 3.45. The van der Waals surface area contributed by atoms with Gasteiger partial charge < -0.3 is 15.0 Å². The zero-order valence-corrected chi connectivity index (χ0v) is 26.4. The Balaban J connectivity index is 1.26. The van der Waals surface area contributed by atoms with Crippen molar-refractivity contribution in [1.82, 2.24) is 19.8 Å². The summed E-state index contributed by atoms with van der Waals surface area (Å²) in [4.78, 5) is 46.3. The number of carbonyl (C=O) groups excluding carboxylic acids is 3. The van der Waals surface area contributed by atoms with Gasteiger partial charge in [0, 0.05) is 23.1 Å². The third-order valence-electron chi connectivity index (χ3n) is 8.80. The molecule has 1 aliphatic carbocycles. The van der Waals surface area contributed by atoms with Crippen molar-refractivity contribution in [2.75, 3.05) is 6.54 Å². The lowest BCUT2D eigenvalue weighted by Gasteiger charge is -2.27. The van der Waals surface area contributed by atoms with E-state index >= 15 is 4.39 Å². The lowest BCUT2D eigenvalue weighted by molar-refractivity contribution is -0.138. The molecule has 1 N–H and O–H groups in total. The van der Waals surface area contributed by atoms with Gasteiger partial charge in [-0.1, -0.05) is 61.5 Å². The number of carbonyl (C=O) groups is 3. The van der Waals surface area contributed by atoms with Gasteiger partial charge in [0.2, 0.25) is 17.8 Å². The molecule has 240 valence electrons. The van der Waals surface area contributed by atoms with Crippen LogP contribution in [-0.4, -0.2) is 56.7 Å². The van der Waals surface area contributed by atoms with E-state index in [0.29, 0.717) is 28.0 Å². The van der Waals surface area contributed by atoms with Gasteiger partial charge in [-0.2, -0.15) is 4.39 Å². The molecule has 46 heavy (non-hydrogen) atoms. The van der Waals surface area contributed by atoms with Crippen molar-refractivity contribution in [3.05, 3.63) is 101 Å². The predicted octanol–water partition coefficient (Wildman–Crippen LogP) is 6.40. The monoisotopic (exact) mass is 628 g/mol. The van der Waals surface area contributed by atoms with Crippen LogP contribution in [0.15, 0.2) is 72.8 Å². The van der Waals surface area contributed by atoms with E-state index in [0.717, 1.165) is 18.2 Å². The van der Waals surface area contributed by atoms with Crippen molar-refractivity contribution in [3.63, 3.8) is 0 Å². The Kier molecular flexibility index (Phi) is 8.16. The summed E-state index contributed by atoms with van der Waals surface area (Å²) in [5.41, 5.74) is 1.47. The Hall–Kier alpha value is -4.60. The molecule has 0 radical (unpaired) electrons. The minimum atomic E-state index is -1.42. The largest absolute Gasteiger partial charge is 0.443 e. The summed E-state index contributed by atoms with van der Waals surface area (Å²) in [6.45, 7) is 6.99. The molecule has 3 heterocycles. The molecule has 1 aliphatic heterocycles. The molecule has 2 fully saturated rings. The molecule has 0 spiro atoms. The Labute approximate surface area is 266 Å². The zero-order chi connectivity index (χ0) is 32.8. The maximum absolute atomic E-state index is 15.2. The lowest BCUT2D eigenvalue weighted by Crippen LogP contribution is -2.47. The van der Waals surface area contributed by atoms with Crippen LogP contribution < -0.4 is 5.32 Å². The number of hydrogen-bond acceptors (Lipinski definition) is 5. The number of ether oxygens (including phenoxy) is 1. The molecule has 2 aromatic carbocycles. The molecule has 0 unspecified atom stereocenters. The SMILES string of the molecule is CC(C)(C)OC(=O)n1c(CC(=O)N2C[C@H](F)C[C@H]2C(=O)N[C@@H](c2ccccc2)c2ccc(C3(C)CC3)c(F)n2)cc2ccccc21. The summed E-state index contributed by atoms with van der Waals surface area (Å²) >= 11 is 0. The third kappa shape index (κ3) is 6.38. The second-order valence-corrected chi connectivity index (χ2v) is 13.6. The van der Waals surface area contributed by atoms with Gasteiger partial charge in [0.15, 0.2) is 0 Å². The van der Waals surface area contributed by atoms with Crippen LogP contribution in [0.2, 0.25) is 0 Å². The molecular formula is C36H38F2N4O4. The highest BCUT2D eigenvalue weighted by Gasteiger charge is 2.43. The third-order valence-corrected chi connectivity index (χ3v) is 8.80. The van der Waals surface area contributed by atoms with Crippen molar-refractivity contribution in [1.29, 1.82) is 0 Å². The number of amides is 2. The summed E-state index contributed by atoms with van der Waals surface area (Å²) in [5.74, 6) is -1.65. The molecule has 3 atom stereocenters. The minimum absolute atomic E-state index is 0.187. The Morgan fingerprint density at radius 2 is 1.74 bits per heavy atom. The van der Waals surface area contributed by atoms with Crippen LogP contribution in [0.3, 0.4) is 0 Å². The molecule has 1 saturated carbocycles. The van der Waals surface area contributed by atoms with Crippen LogP contribution in [0.4, 0.5) is 13.6 Å². The number of pyridine rings is 1. The van der Waals surface area contributed by atoms with Crippen molar-refractivity contribution in [2.24, 2.45) is 0 Å². The predicted molar refractivity (Wildman–Crippen MR) is 169 cm³/mol. The Morgan fingerprint density at radius 3 is 2.41 bits per heavy atom. The van der Waals surface area contributed by atoms with Crippen LogP contribution in [0.5, 0.6) is 0 Å². The standard InChI is InChI=1S/C36H38F2N4O4/c1-35(2,3)46-34(45)42-25(18-23-12-8-9-13-28(23)42)20-30(43)41-21-24(37)19-29(41)33(44)40-31(22-10-6-5-7-11-22)27-15-14-26(32(38)39-27)36(4)16-17-36/h5-15,18,24,29,31H,16-17,19-21H2,1-4H3,(H,40,44)/t24-,29+,31+/m1/s1. The first-order valence-electron chi connectivity index (χ1n) is 15.6. The fourth-order valence-corrected chi connectivity index (χ4v) is 6.16. The fourth-order valence-electron chi connectivity index (χ4n) is 6.16. The maximum Gasteiger partial charge on any atom is 0.419 e. The van der Waals surface area contributed by atoms with Crippen molar-refractivity contribution in [3.8, 4) is 0 Å². The fraction of sp³-hybridized carbons (Fsp3) is 0.389. The average molecular weight is 629 g/mol. The van der Waals surface area contributed by atoms with E-state index in [2.05, 4.69) is 10.3 Å². The number of fused-ring (bicyclic) bond motifs is 1. The van der Waals surface area contributed by atoms with Crippen molar-refractivity contribution >= 4 is 28.8 Å². The molecule has 2 aromatic heterocycles. The van der Waals surface area contributed by atoms with Crippen molar-refractivity contribution < 1.29 is 27.9 Å². The number of nitrogens with one attached hydrogen (secondary N) is 1. The quantitative estimate of drug-likeness (QED) is 0.239. The van der Waals surface area contributed by atoms with E-state index in [9.17, 15) is 18.8 Å². The number of halogens is 2. The van der Waals surface area contributed by atoms with Gasteiger partial charge in [-0.05, 0) is 62.8 Å². The van der Waals surface area contributed by atoms with E-state index in [1.807, 2.05) is 25.1 Å². The normalized spacial score (nSPS) is 19.6. The summed E-state index contributed by atoms with van der Waals surface area (Å²) < 4.78 is 37.1. The van der Waals surface area contributed by atoms with Gasteiger partial charge in [0.05, 0.1) is 30.2 Å². The second kappa shape index (κ2) is 12.0. The number of para-hydroxylation sites is 1. The van der Waals surface area contributed by atoms with Crippen LogP contribution in [0, 0.1) is 5.95 Å². The lowest BCUT2D eigenvalue weighted by atomic mass is 9.97. The molecular weight excluding hydrogens is 590 g/mol. The Bertz CT molecular complexity index is 1790. The summed E-state index contributed by atoms with van der Waals surface area (Å²) in [6.07, 6.45) is -0.716. The Morgan fingerprint density at radius 1 is 1.04 bits per heavy atom. The highest BCUT2D eigenvalue weighted by atomic mass is 19.1. The molecule has 6 rings (SSSR count). The van der Waals surface area contributed by atoms with Crippen molar-refractivity contribution in [2.45, 2.75) is 82.6 Å². The highest BCUT2D eigenvalue weighted by Crippen LogP contribution is 2.48. The van der Waals surface area contributed by atoms with Gasteiger partial charge in [-0.15, -0.1) is 0 Å². The zero-order valence-electron chi connectivity index (χ0n) is 26.4. The van der Waals surface area contributed by atoms with Crippen LogP contribution in [-0.2, 0) is 26.2 Å². The molecule has 8 nitrogen and oxygen atoms in total. The first-order chi connectivity index (χ1) is 21.8. The molecule has 2 amide bonds. The highest BCUT2D eigenvalue weighted by molar-refractivity contribution is 5.94. The topological polar surface area (TPSA) is 93.5 Å². The van der Waals surface area contributed by atoms with Crippen LogP contribution in [0.1, 0.15) is 75.5 Å². The first-order valence-corrected chi connectivity index (χ1v) is 15.6. The number of benzene rings is 2. The molecule has 0 bridgehead atoms. The summed E-state index contributed by atoms with van der Waals surface area (Å²) in [7, 11) is 0. The minimum Gasteiger partial charge on any atom is -0.443 e. The molecule has 2 aliphatic rings. The second-order valence-electron chi connectivity index (χ2n) is 13.6. The van der Waals surface area contributed by atoms with E-state index in [-0.39, 0.29) is 24.8 Å². The smallest absolute Gasteiger partial charge is 0.419 e. The maximum atomic E-state index is 15.2. The van der Waals surface area contributed by atoms with Gasteiger partial charge >= 0.3 is 6.09 Å². The summed E-state index contributed by atoms with van der Waals surface area (Å²) in [5, 5.41) is 3.67. The number of aromatic nitrogens is 2. The number of hydrogen-bond donors (Lipinski definition) is 1. The van der Waals surface area contributed by atoms with Crippen LogP contribution in [0.25, 0.3) is 10.9 Å². The summed E-state index contributed by atoms with van der Waals surface area (Å²) in [6, 6.07) is 19.5. The van der Waals surface area contributed by atoms with Gasteiger partial charge in [0.25, 0.3) is 0 Å². The van der Waals surface area contributed by atoms with E-state index in [1.165, 1.54) is 9.47 Å². The first kappa shape index (κ1) is 31.4. The van der Waals surface area contributed by atoms with Gasteiger partial charge in [-0.25, -0.2) is 18.7 Å². The van der Waals surface area contributed by atoms with E-state index in [4.69, 9.17) is 4.74 Å². The van der Waals surface area contributed by atoms with Gasteiger partial charge in [0.1, 0.15) is 17.8 Å². The van der Waals surface area contributed by atoms with Gasteiger partial charge in [-0.3, -0.25) is 9.59 Å².